The Hall–Kier alpha value is -2.88. The van der Waals surface area contributed by atoms with E-state index in [0.29, 0.717) is 18.4 Å². The lowest BCUT2D eigenvalue weighted by Gasteiger charge is -2.39. The Bertz CT molecular complexity index is 795. The van der Waals surface area contributed by atoms with Gasteiger partial charge in [-0.15, -0.1) is 0 Å². The van der Waals surface area contributed by atoms with Crippen molar-refractivity contribution in [2.75, 3.05) is 13.6 Å². The second kappa shape index (κ2) is 7.03. The summed E-state index contributed by atoms with van der Waals surface area (Å²) in [6.45, 7) is 1.27. The lowest BCUT2D eigenvalue weighted by atomic mass is 9.81. The maximum atomic E-state index is 12.9. The fourth-order valence-corrected chi connectivity index (χ4v) is 3.95. The fourth-order valence-electron chi connectivity index (χ4n) is 3.95. The van der Waals surface area contributed by atoms with E-state index in [1.54, 1.807) is 38.2 Å². The Labute approximate surface area is 158 Å². The van der Waals surface area contributed by atoms with Crippen LogP contribution < -0.4 is 5.32 Å². The number of nitrogens with one attached hydrogen (secondary N) is 1. The molecule has 0 bridgehead atoms. The van der Waals surface area contributed by atoms with Crippen LogP contribution in [0.25, 0.3) is 0 Å². The van der Waals surface area contributed by atoms with Gasteiger partial charge in [0, 0.05) is 7.05 Å². The van der Waals surface area contributed by atoms with Crippen LogP contribution in [-0.4, -0.2) is 46.8 Å². The molecule has 0 spiro atoms. The molecule has 1 heterocycles. The summed E-state index contributed by atoms with van der Waals surface area (Å²) < 4.78 is 0. The molecule has 7 heteroatoms. The van der Waals surface area contributed by atoms with Crippen molar-refractivity contribution < 1.29 is 14.4 Å². The molecule has 1 saturated heterocycles. The summed E-state index contributed by atoms with van der Waals surface area (Å²) in [5.74, 6) is -0.866. The molecular formula is C20H24N4O3. The normalized spacial score (nSPS) is 24.3. The molecule has 4 amide bonds. The van der Waals surface area contributed by atoms with Crippen molar-refractivity contribution in [2.45, 2.75) is 50.1 Å². The Kier molecular flexibility index (Phi) is 4.92. The standard InChI is InChI=1S/C20H24N4O3/c1-19(15-9-5-3-6-10-15)17(26)24(18(27)22-19)13-16(25)23(2)20(14-21)11-7-4-8-12-20/h3,5-6,9-10H,4,7-8,11-13H2,1-2H3,(H,22,27)/t19-/m0/s1. The zero-order valence-corrected chi connectivity index (χ0v) is 15.7. The third-order valence-corrected chi connectivity index (χ3v) is 5.82. The molecule has 1 N–H and O–H groups in total. The molecule has 7 nitrogen and oxygen atoms in total. The van der Waals surface area contributed by atoms with E-state index < -0.39 is 28.9 Å². The summed E-state index contributed by atoms with van der Waals surface area (Å²) in [4.78, 5) is 40.5. The van der Waals surface area contributed by atoms with Crippen LogP contribution >= 0.6 is 0 Å². The van der Waals surface area contributed by atoms with Gasteiger partial charge in [0.05, 0.1) is 6.07 Å². The van der Waals surface area contributed by atoms with Crippen LogP contribution in [0.2, 0.25) is 0 Å². The summed E-state index contributed by atoms with van der Waals surface area (Å²) in [6.07, 6.45) is 4.07. The summed E-state index contributed by atoms with van der Waals surface area (Å²) in [5, 5.41) is 12.3. The molecule has 0 aromatic heterocycles. The third kappa shape index (κ3) is 3.16. The van der Waals surface area contributed by atoms with Crippen molar-refractivity contribution in [3.05, 3.63) is 35.9 Å². The predicted octanol–water partition coefficient (Wildman–Crippen LogP) is 2.14. The third-order valence-electron chi connectivity index (χ3n) is 5.82. The van der Waals surface area contributed by atoms with E-state index in [4.69, 9.17) is 0 Å². The number of imide groups is 1. The van der Waals surface area contributed by atoms with Crippen LogP contribution in [0.1, 0.15) is 44.6 Å². The lowest BCUT2D eigenvalue weighted by molar-refractivity contribution is -0.141. The number of benzene rings is 1. The van der Waals surface area contributed by atoms with Gasteiger partial charge in [-0.2, -0.15) is 5.26 Å². The average molecular weight is 368 g/mol. The van der Waals surface area contributed by atoms with E-state index in [1.165, 1.54) is 4.90 Å². The number of urea groups is 1. The van der Waals surface area contributed by atoms with Gasteiger partial charge in [0.2, 0.25) is 5.91 Å². The highest BCUT2D eigenvalue weighted by Gasteiger charge is 2.50. The Balaban J connectivity index is 1.77. The Morgan fingerprint density at radius 1 is 1.22 bits per heavy atom. The molecule has 1 aromatic carbocycles. The van der Waals surface area contributed by atoms with Crippen LogP contribution in [0.15, 0.2) is 30.3 Å². The molecular weight excluding hydrogens is 344 g/mol. The smallest absolute Gasteiger partial charge is 0.325 e. The van der Waals surface area contributed by atoms with Crippen LogP contribution in [-0.2, 0) is 15.1 Å². The van der Waals surface area contributed by atoms with Gasteiger partial charge in [0.15, 0.2) is 0 Å². The highest BCUT2D eigenvalue weighted by Crippen LogP contribution is 2.33. The van der Waals surface area contributed by atoms with Gasteiger partial charge in [0.25, 0.3) is 5.91 Å². The minimum absolute atomic E-state index is 0.368. The largest absolute Gasteiger partial charge is 0.325 e. The molecule has 27 heavy (non-hydrogen) atoms. The van der Waals surface area contributed by atoms with Crippen molar-refractivity contribution in [3.8, 4) is 6.07 Å². The Morgan fingerprint density at radius 2 is 1.85 bits per heavy atom. The molecule has 1 saturated carbocycles. The number of hydrogen-bond acceptors (Lipinski definition) is 4. The monoisotopic (exact) mass is 368 g/mol. The van der Waals surface area contributed by atoms with Gasteiger partial charge in [-0.1, -0.05) is 49.6 Å². The molecule has 142 valence electrons. The first-order valence-electron chi connectivity index (χ1n) is 9.22. The number of carbonyl (C=O) groups excluding carboxylic acids is 3. The van der Waals surface area contributed by atoms with E-state index in [2.05, 4.69) is 11.4 Å². The van der Waals surface area contributed by atoms with Gasteiger partial charge >= 0.3 is 6.03 Å². The van der Waals surface area contributed by atoms with Crippen molar-refractivity contribution in [3.63, 3.8) is 0 Å². The zero-order valence-electron chi connectivity index (χ0n) is 15.7. The number of likely N-dealkylation sites (N-methyl/N-ethyl adjacent to an activating group) is 1. The van der Waals surface area contributed by atoms with Crippen LogP contribution in [0, 0.1) is 11.3 Å². The summed E-state index contributed by atoms with van der Waals surface area (Å²) in [5.41, 5.74) is -1.39. The summed E-state index contributed by atoms with van der Waals surface area (Å²) in [6, 6.07) is 10.6. The predicted molar refractivity (Wildman–Crippen MR) is 98.2 cm³/mol. The van der Waals surface area contributed by atoms with E-state index in [9.17, 15) is 19.6 Å². The molecule has 2 aliphatic rings. The molecule has 1 aliphatic heterocycles. The second-order valence-electron chi connectivity index (χ2n) is 7.47. The minimum atomic E-state index is -1.20. The fraction of sp³-hybridized carbons (Fsp3) is 0.500. The van der Waals surface area contributed by atoms with Gasteiger partial charge in [-0.05, 0) is 25.3 Å². The molecule has 3 rings (SSSR count). The first-order chi connectivity index (χ1) is 12.8. The average Bonchev–Trinajstić information content (AvgIpc) is 2.92. The van der Waals surface area contributed by atoms with E-state index in [-0.39, 0.29) is 6.54 Å². The maximum absolute atomic E-state index is 12.9. The first-order valence-corrected chi connectivity index (χ1v) is 9.22. The first kappa shape index (κ1) is 18.9. The number of amides is 4. The minimum Gasteiger partial charge on any atom is -0.325 e. The van der Waals surface area contributed by atoms with Crippen molar-refractivity contribution >= 4 is 17.8 Å². The molecule has 0 radical (unpaired) electrons. The number of carbonyl (C=O) groups is 3. The highest BCUT2D eigenvalue weighted by atomic mass is 16.2. The number of rotatable bonds is 4. The number of nitriles is 1. The topological polar surface area (TPSA) is 93.5 Å². The Morgan fingerprint density at radius 3 is 2.44 bits per heavy atom. The van der Waals surface area contributed by atoms with E-state index in [0.717, 1.165) is 24.2 Å². The second-order valence-corrected chi connectivity index (χ2v) is 7.47. The lowest BCUT2D eigenvalue weighted by Crippen LogP contribution is -2.53. The van der Waals surface area contributed by atoms with Crippen molar-refractivity contribution in [1.29, 1.82) is 5.26 Å². The molecule has 1 aromatic rings. The van der Waals surface area contributed by atoms with Crippen molar-refractivity contribution in [2.24, 2.45) is 0 Å². The summed E-state index contributed by atoms with van der Waals surface area (Å²) >= 11 is 0. The highest BCUT2D eigenvalue weighted by molar-refractivity contribution is 6.09. The molecule has 2 fully saturated rings. The van der Waals surface area contributed by atoms with Crippen LogP contribution in [0.5, 0.6) is 0 Å². The molecule has 0 unspecified atom stereocenters. The van der Waals surface area contributed by atoms with E-state index >= 15 is 0 Å². The van der Waals surface area contributed by atoms with Gasteiger partial charge in [-0.25, -0.2) is 4.79 Å². The molecule has 1 atom stereocenters. The maximum Gasteiger partial charge on any atom is 0.325 e. The zero-order chi connectivity index (χ0) is 19.7. The van der Waals surface area contributed by atoms with Gasteiger partial charge in [0.1, 0.15) is 17.6 Å². The van der Waals surface area contributed by atoms with Gasteiger partial charge < -0.3 is 10.2 Å². The van der Waals surface area contributed by atoms with Gasteiger partial charge in [-0.3, -0.25) is 14.5 Å². The SMILES string of the molecule is CN(C(=O)CN1C(=O)N[C@@](C)(c2ccccc2)C1=O)C1(C#N)CCCCC1. The van der Waals surface area contributed by atoms with Crippen LogP contribution in [0.3, 0.4) is 0 Å². The van der Waals surface area contributed by atoms with Crippen LogP contribution in [0.4, 0.5) is 4.79 Å². The quantitative estimate of drug-likeness (QED) is 0.824. The number of hydrogen-bond donors (Lipinski definition) is 1. The van der Waals surface area contributed by atoms with Crippen molar-refractivity contribution in [1.82, 2.24) is 15.1 Å². The summed E-state index contributed by atoms with van der Waals surface area (Å²) in [7, 11) is 1.59. The number of nitrogens with zero attached hydrogens (tertiary/aromatic N) is 3. The van der Waals surface area contributed by atoms with E-state index in [1.807, 2.05) is 6.07 Å². The molecule has 1 aliphatic carbocycles.